The van der Waals surface area contributed by atoms with E-state index in [9.17, 15) is 4.79 Å². The highest BCUT2D eigenvalue weighted by molar-refractivity contribution is 6.31. The monoisotopic (exact) mass is 259 g/mol. The largest absolute Gasteiger partial charge is 0.362 e. The zero-order chi connectivity index (χ0) is 12.3. The van der Waals surface area contributed by atoms with Crippen LogP contribution in [0.3, 0.4) is 0 Å². The minimum atomic E-state index is -0.322. The topological polar surface area (TPSA) is 44.4 Å². The molecule has 3 aliphatic rings. The minimum absolute atomic E-state index is 0.0356. The van der Waals surface area contributed by atoms with Crippen LogP contribution in [0, 0.1) is 0 Å². The summed E-state index contributed by atoms with van der Waals surface area (Å²) in [5, 5.41) is 6.75. The molecule has 0 saturated carbocycles. The molecule has 0 radical (unpaired) electrons. The third-order valence-corrected chi connectivity index (χ3v) is 3.95. The van der Waals surface area contributed by atoms with Crippen LogP contribution in [0.4, 0.5) is 0 Å². The molecular weight excluding hydrogens is 250 g/mol. The molecule has 0 aromatic heterocycles. The van der Waals surface area contributed by atoms with Crippen LogP contribution in [0.1, 0.15) is 11.1 Å². The van der Waals surface area contributed by atoms with Crippen molar-refractivity contribution in [1.29, 1.82) is 0 Å². The molecule has 1 aliphatic carbocycles. The highest BCUT2D eigenvalue weighted by atomic mass is 35.5. The molecular formula is C13H10ClN3O. The lowest BCUT2D eigenvalue weighted by atomic mass is 10.1. The van der Waals surface area contributed by atoms with Crippen LogP contribution in [0.15, 0.2) is 36.3 Å². The molecule has 0 saturated heterocycles. The third-order valence-electron chi connectivity index (χ3n) is 3.60. The van der Waals surface area contributed by atoms with E-state index in [1.165, 1.54) is 0 Å². The Morgan fingerprint density at radius 1 is 1.39 bits per heavy atom. The Morgan fingerprint density at radius 3 is 3.17 bits per heavy atom. The van der Waals surface area contributed by atoms with Crippen molar-refractivity contribution in [3.05, 3.63) is 52.4 Å². The van der Waals surface area contributed by atoms with Crippen molar-refractivity contribution in [1.82, 2.24) is 15.5 Å². The number of rotatable bonds is 0. The molecule has 2 N–H and O–H groups in total. The fraction of sp³-hybridized carbons (Fsp3) is 0.154. The quantitative estimate of drug-likeness (QED) is 0.740. The minimum Gasteiger partial charge on any atom is -0.362 e. The number of nitrogens with one attached hydrogen (secondary N) is 2. The van der Waals surface area contributed by atoms with Gasteiger partial charge in [-0.05, 0) is 11.6 Å². The number of allylic oxidation sites excluding steroid dienone is 1. The molecule has 90 valence electrons. The number of fused-ring (bicyclic) bond motifs is 4. The van der Waals surface area contributed by atoms with Gasteiger partial charge in [0.25, 0.3) is 5.91 Å². The van der Waals surface area contributed by atoms with E-state index in [-0.39, 0.29) is 12.1 Å². The predicted octanol–water partition coefficient (Wildman–Crippen LogP) is 1.40. The maximum atomic E-state index is 12.0. The molecule has 5 heteroatoms. The van der Waals surface area contributed by atoms with Crippen molar-refractivity contribution >= 4 is 23.2 Å². The van der Waals surface area contributed by atoms with Crippen molar-refractivity contribution in [3.8, 4) is 0 Å². The molecule has 18 heavy (non-hydrogen) atoms. The van der Waals surface area contributed by atoms with E-state index in [0.29, 0.717) is 0 Å². The molecule has 2 heterocycles. The maximum Gasteiger partial charge on any atom is 0.268 e. The molecule has 1 amide bonds. The summed E-state index contributed by atoms with van der Waals surface area (Å²) in [6, 6.07) is 5.79. The van der Waals surface area contributed by atoms with Gasteiger partial charge in [0, 0.05) is 35.1 Å². The van der Waals surface area contributed by atoms with Crippen molar-refractivity contribution < 1.29 is 4.79 Å². The van der Waals surface area contributed by atoms with E-state index < -0.39 is 0 Å². The lowest BCUT2D eigenvalue weighted by Gasteiger charge is -2.31. The van der Waals surface area contributed by atoms with E-state index in [4.69, 9.17) is 11.6 Å². The van der Waals surface area contributed by atoms with Crippen LogP contribution in [-0.2, 0) is 11.2 Å². The fourth-order valence-corrected chi connectivity index (χ4v) is 3.01. The molecule has 0 fully saturated rings. The number of carbonyl (C=O) groups excluding carboxylic acids is 1. The van der Waals surface area contributed by atoms with Crippen LogP contribution in [-0.4, -0.2) is 17.0 Å². The summed E-state index contributed by atoms with van der Waals surface area (Å²) in [5.41, 5.74) is 4.11. The number of carbonyl (C=O) groups is 1. The zero-order valence-electron chi connectivity index (χ0n) is 9.40. The normalized spacial score (nSPS) is 23.5. The number of nitrogens with zero attached hydrogens (tertiary/aromatic N) is 1. The second kappa shape index (κ2) is 3.29. The standard InChI is InChI=1S/C13H10ClN3O/c14-9-3-1-2-7-8(9)6-10-11(7)16-13(18)12-15-4-5-17(10)12/h1-5,12,15H,6H2,(H,16,18). The van der Waals surface area contributed by atoms with Gasteiger partial charge < -0.3 is 15.5 Å². The zero-order valence-corrected chi connectivity index (χ0v) is 10.2. The summed E-state index contributed by atoms with van der Waals surface area (Å²) in [7, 11) is 0. The van der Waals surface area contributed by atoms with Crippen LogP contribution in [0.25, 0.3) is 5.70 Å². The van der Waals surface area contributed by atoms with Crippen LogP contribution >= 0.6 is 11.6 Å². The van der Waals surface area contributed by atoms with Gasteiger partial charge >= 0.3 is 0 Å². The van der Waals surface area contributed by atoms with Gasteiger partial charge in [-0.2, -0.15) is 0 Å². The molecule has 2 aliphatic heterocycles. The third kappa shape index (κ3) is 1.13. The molecule has 0 spiro atoms. The fourth-order valence-electron chi connectivity index (χ4n) is 2.76. The number of amides is 1. The van der Waals surface area contributed by atoms with Gasteiger partial charge in [-0.3, -0.25) is 4.79 Å². The predicted molar refractivity (Wildman–Crippen MR) is 68.1 cm³/mol. The second-order valence-corrected chi connectivity index (χ2v) is 4.95. The Morgan fingerprint density at radius 2 is 2.28 bits per heavy atom. The van der Waals surface area contributed by atoms with Crippen LogP contribution < -0.4 is 10.6 Å². The van der Waals surface area contributed by atoms with Gasteiger partial charge in [-0.1, -0.05) is 23.7 Å². The van der Waals surface area contributed by atoms with Gasteiger partial charge in [0.1, 0.15) is 0 Å². The lowest BCUT2D eigenvalue weighted by Crippen LogP contribution is -2.51. The Labute approximate surface area is 109 Å². The first-order chi connectivity index (χ1) is 8.75. The Bertz CT molecular complexity index is 635. The number of hydrogen-bond donors (Lipinski definition) is 2. The summed E-state index contributed by atoms with van der Waals surface area (Å²) >= 11 is 6.22. The molecule has 4 rings (SSSR count). The van der Waals surface area contributed by atoms with Gasteiger partial charge in [0.05, 0.1) is 5.70 Å². The SMILES string of the molecule is O=C1NC2=C(Cc3c(Cl)cccc32)N2C=CNC12. The van der Waals surface area contributed by atoms with Crippen LogP contribution in [0.2, 0.25) is 5.02 Å². The molecule has 1 atom stereocenters. The first-order valence-electron chi connectivity index (χ1n) is 5.78. The Kier molecular flexibility index (Phi) is 1.84. The molecule has 1 aromatic rings. The van der Waals surface area contributed by atoms with E-state index in [0.717, 1.165) is 34.0 Å². The van der Waals surface area contributed by atoms with Crippen molar-refractivity contribution in [3.63, 3.8) is 0 Å². The van der Waals surface area contributed by atoms with E-state index in [1.807, 2.05) is 29.3 Å². The smallest absolute Gasteiger partial charge is 0.268 e. The summed E-state index contributed by atoms with van der Waals surface area (Å²) in [4.78, 5) is 14.0. The highest BCUT2D eigenvalue weighted by Gasteiger charge is 2.39. The summed E-state index contributed by atoms with van der Waals surface area (Å²) < 4.78 is 0. The van der Waals surface area contributed by atoms with E-state index >= 15 is 0 Å². The summed E-state index contributed by atoms with van der Waals surface area (Å²) in [6.45, 7) is 0. The summed E-state index contributed by atoms with van der Waals surface area (Å²) in [5.74, 6) is -0.0356. The highest BCUT2D eigenvalue weighted by Crippen LogP contribution is 2.39. The first kappa shape index (κ1) is 10.0. The lowest BCUT2D eigenvalue weighted by molar-refractivity contribution is -0.124. The summed E-state index contributed by atoms with van der Waals surface area (Å²) in [6.07, 6.45) is 4.13. The van der Waals surface area contributed by atoms with E-state index in [2.05, 4.69) is 10.6 Å². The Hall–Kier alpha value is -1.94. The van der Waals surface area contributed by atoms with Crippen molar-refractivity contribution in [2.24, 2.45) is 0 Å². The number of benzene rings is 1. The molecule has 4 nitrogen and oxygen atoms in total. The maximum absolute atomic E-state index is 12.0. The van der Waals surface area contributed by atoms with Gasteiger partial charge in [-0.25, -0.2) is 0 Å². The second-order valence-electron chi connectivity index (χ2n) is 4.55. The molecule has 0 bridgehead atoms. The number of halogens is 1. The van der Waals surface area contributed by atoms with Crippen LogP contribution in [0.5, 0.6) is 0 Å². The van der Waals surface area contributed by atoms with Gasteiger partial charge in [0.15, 0.2) is 6.17 Å². The first-order valence-corrected chi connectivity index (χ1v) is 6.16. The van der Waals surface area contributed by atoms with Crippen molar-refractivity contribution in [2.75, 3.05) is 0 Å². The average molecular weight is 260 g/mol. The average Bonchev–Trinajstić information content (AvgIpc) is 2.94. The molecule has 1 aromatic carbocycles. The van der Waals surface area contributed by atoms with Gasteiger partial charge in [-0.15, -0.1) is 0 Å². The van der Waals surface area contributed by atoms with Gasteiger partial charge in [0.2, 0.25) is 0 Å². The number of hydrogen-bond acceptors (Lipinski definition) is 3. The van der Waals surface area contributed by atoms with Crippen molar-refractivity contribution in [2.45, 2.75) is 12.6 Å². The Balaban J connectivity index is 1.89. The molecule has 1 unspecified atom stereocenters. The van der Waals surface area contributed by atoms with E-state index in [1.54, 1.807) is 6.20 Å².